The fraction of sp³-hybridized carbons (Fsp3) is 0.778. The molecule has 0 saturated heterocycles. The normalized spacial score (nSPS) is 14.3. The lowest BCUT2D eigenvalue weighted by molar-refractivity contribution is -0.136. The molecule has 1 N–H and O–H groups in total. The number of carboxylic acid groups (broad SMARTS) is 1. The molecule has 2 unspecified atom stereocenters. The highest BCUT2D eigenvalue weighted by Gasteiger charge is 2.21. The predicted octanol–water partition coefficient (Wildman–Crippen LogP) is 1.29. The van der Waals surface area contributed by atoms with Gasteiger partial charge in [-0.05, 0) is 19.3 Å². The number of nitrogens with zero attached hydrogens (tertiary/aromatic N) is 1. The summed E-state index contributed by atoms with van der Waals surface area (Å²) >= 11 is 0. The summed E-state index contributed by atoms with van der Waals surface area (Å²) in [6, 6.07) is 1.99. The van der Waals surface area contributed by atoms with Crippen molar-refractivity contribution in [1.29, 1.82) is 5.26 Å². The van der Waals surface area contributed by atoms with E-state index in [1.807, 2.05) is 6.07 Å². The van der Waals surface area contributed by atoms with Crippen molar-refractivity contribution in [2.45, 2.75) is 37.9 Å². The molecule has 0 aromatic carbocycles. The summed E-state index contributed by atoms with van der Waals surface area (Å²) in [5.74, 6) is -0.613. The summed E-state index contributed by atoms with van der Waals surface area (Å²) in [4.78, 5) is 10.6. The van der Waals surface area contributed by atoms with Gasteiger partial charge in [0.05, 0.1) is 6.07 Å². The topological polar surface area (TPSA) is 78.2 Å². The van der Waals surface area contributed by atoms with E-state index in [0.29, 0.717) is 31.4 Å². The Morgan fingerprint density at radius 3 is 2.64 bits per heavy atom. The van der Waals surface area contributed by atoms with Gasteiger partial charge < -0.3 is 5.11 Å². The zero-order valence-corrected chi connectivity index (χ0v) is 9.05. The van der Waals surface area contributed by atoms with Crippen LogP contribution in [-0.2, 0) is 15.6 Å². The van der Waals surface area contributed by atoms with E-state index in [2.05, 4.69) is 0 Å². The van der Waals surface area contributed by atoms with Gasteiger partial charge in [0.2, 0.25) is 0 Å². The quantitative estimate of drug-likeness (QED) is 0.652. The number of rotatable bonds is 7. The minimum absolute atomic E-state index is 0.381. The Kier molecular flexibility index (Phi) is 7.03. The highest BCUT2D eigenvalue weighted by Crippen LogP contribution is 2.06. The molecular formula is C9H15NO3S. The Bertz CT molecular complexity index is 247. The minimum atomic E-state index is -1.30. The van der Waals surface area contributed by atoms with Crippen LogP contribution in [0.2, 0.25) is 0 Å². The molecule has 80 valence electrons. The molecule has 0 aliphatic rings. The molecule has 14 heavy (non-hydrogen) atoms. The van der Waals surface area contributed by atoms with Crippen molar-refractivity contribution in [3.8, 4) is 6.07 Å². The van der Waals surface area contributed by atoms with Crippen LogP contribution in [0.15, 0.2) is 0 Å². The highest BCUT2D eigenvalue weighted by atomic mass is 32.2. The molecule has 0 bridgehead atoms. The Morgan fingerprint density at radius 1 is 1.57 bits per heavy atom. The fourth-order valence-corrected chi connectivity index (χ4v) is 2.43. The summed E-state index contributed by atoms with van der Waals surface area (Å²) in [6.45, 7) is 1.71. The Morgan fingerprint density at radius 2 is 2.21 bits per heavy atom. The number of nitriles is 1. The van der Waals surface area contributed by atoms with Gasteiger partial charge in [-0.2, -0.15) is 5.26 Å². The monoisotopic (exact) mass is 217 g/mol. The van der Waals surface area contributed by atoms with Crippen LogP contribution in [0.3, 0.4) is 0 Å². The van der Waals surface area contributed by atoms with Crippen LogP contribution in [0.1, 0.15) is 32.6 Å². The molecule has 0 aromatic rings. The number of hydrogen-bond donors (Lipinski definition) is 1. The molecule has 5 heteroatoms. The van der Waals surface area contributed by atoms with E-state index in [9.17, 15) is 9.00 Å². The molecule has 0 saturated carbocycles. The molecule has 4 nitrogen and oxygen atoms in total. The van der Waals surface area contributed by atoms with Crippen molar-refractivity contribution in [3.05, 3.63) is 0 Å². The van der Waals surface area contributed by atoms with Crippen molar-refractivity contribution in [3.63, 3.8) is 0 Å². The first-order valence-corrected chi connectivity index (χ1v) is 5.98. The average Bonchev–Trinajstić information content (AvgIpc) is 2.13. The summed E-state index contributed by atoms with van der Waals surface area (Å²) < 4.78 is 11.4. The standard InChI is InChI=1S/C9H15NO3S/c1-2-8(9(11)12)14(13)7-5-3-4-6-10/h8H,2-5,7H2,1H3,(H,11,12). The van der Waals surface area contributed by atoms with Crippen LogP contribution in [0.25, 0.3) is 0 Å². The van der Waals surface area contributed by atoms with Crippen molar-refractivity contribution >= 4 is 16.8 Å². The highest BCUT2D eigenvalue weighted by molar-refractivity contribution is 7.86. The second-order valence-electron chi connectivity index (χ2n) is 2.94. The third kappa shape index (κ3) is 4.97. The molecule has 0 fully saturated rings. The van der Waals surface area contributed by atoms with Gasteiger partial charge in [-0.3, -0.25) is 9.00 Å². The Balaban J connectivity index is 3.83. The van der Waals surface area contributed by atoms with E-state index < -0.39 is 22.0 Å². The maximum Gasteiger partial charge on any atom is 0.319 e. The first-order valence-electron chi connectivity index (χ1n) is 4.60. The van der Waals surface area contributed by atoms with Crippen molar-refractivity contribution in [2.75, 3.05) is 5.75 Å². The van der Waals surface area contributed by atoms with Crippen molar-refractivity contribution in [1.82, 2.24) is 0 Å². The zero-order valence-electron chi connectivity index (χ0n) is 8.23. The number of unbranched alkanes of at least 4 members (excludes halogenated alkanes) is 2. The lowest BCUT2D eigenvalue weighted by Gasteiger charge is -2.08. The molecule has 0 aliphatic heterocycles. The van der Waals surface area contributed by atoms with Gasteiger partial charge in [0.15, 0.2) is 0 Å². The summed E-state index contributed by atoms with van der Waals surface area (Å²) in [5.41, 5.74) is 0. The molecule has 2 atom stereocenters. The minimum Gasteiger partial charge on any atom is -0.480 e. The third-order valence-electron chi connectivity index (χ3n) is 1.85. The van der Waals surface area contributed by atoms with Crippen LogP contribution >= 0.6 is 0 Å². The van der Waals surface area contributed by atoms with E-state index in [1.165, 1.54) is 0 Å². The van der Waals surface area contributed by atoms with Gasteiger partial charge in [0.1, 0.15) is 5.25 Å². The second kappa shape index (κ2) is 7.51. The second-order valence-corrected chi connectivity index (χ2v) is 4.67. The average molecular weight is 217 g/mol. The molecule has 0 amide bonds. The van der Waals surface area contributed by atoms with Gasteiger partial charge in [-0.1, -0.05) is 6.92 Å². The van der Waals surface area contributed by atoms with Crippen molar-refractivity contribution < 1.29 is 14.1 Å². The molecular weight excluding hydrogens is 202 g/mol. The van der Waals surface area contributed by atoms with Gasteiger partial charge in [-0.25, -0.2) is 0 Å². The number of carbonyl (C=O) groups is 1. The lowest BCUT2D eigenvalue weighted by Crippen LogP contribution is -2.26. The molecule has 0 aliphatic carbocycles. The van der Waals surface area contributed by atoms with E-state index in [0.717, 1.165) is 0 Å². The summed E-state index contributed by atoms with van der Waals surface area (Å²) in [6.07, 6.45) is 2.18. The fourth-order valence-electron chi connectivity index (χ4n) is 1.06. The van der Waals surface area contributed by atoms with Crippen LogP contribution in [-0.4, -0.2) is 26.3 Å². The van der Waals surface area contributed by atoms with Gasteiger partial charge in [0.25, 0.3) is 0 Å². The van der Waals surface area contributed by atoms with E-state index in [1.54, 1.807) is 6.92 Å². The first kappa shape index (κ1) is 13.1. The first-order chi connectivity index (χ1) is 6.63. The van der Waals surface area contributed by atoms with Gasteiger partial charge in [0, 0.05) is 23.0 Å². The molecule has 0 spiro atoms. The summed E-state index contributed by atoms with van der Waals surface area (Å²) in [7, 11) is -1.30. The van der Waals surface area contributed by atoms with Gasteiger partial charge in [-0.15, -0.1) is 0 Å². The SMILES string of the molecule is CCC(C(=O)O)S(=O)CCCCC#N. The molecule has 0 rings (SSSR count). The van der Waals surface area contributed by atoms with Gasteiger partial charge >= 0.3 is 5.97 Å². The Hall–Kier alpha value is -0.890. The number of carboxylic acids is 1. The predicted molar refractivity (Wildman–Crippen MR) is 54.2 cm³/mol. The number of aliphatic carboxylic acids is 1. The van der Waals surface area contributed by atoms with E-state index >= 15 is 0 Å². The van der Waals surface area contributed by atoms with Crippen LogP contribution in [0, 0.1) is 11.3 Å². The molecule has 0 heterocycles. The van der Waals surface area contributed by atoms with E-state index in [-0.39, 0.29) is 0 Å². The van der Waals surface area contributed by atoms with Crippen LogP contribution < -0.4 is 0 Å². The smallest absolute Gasteiger partial charge is 0.319 e. The lowest BCUT2D eigenvalue weighted by atomic mass is 10.3. The summed E-state index contributed by atoms with van der Waals surface area (Å²) in [5, 5.41) is 16.2. The maximum atomic E-state index is 11.4. The van der Waals surface area contributed by atoms with Crippen LogP contribution in [0.4, 0.5) is 0 Å². The molecule has 0 aromatic heterocycles. The number of hydrogen-bond acceptors (Lipinski definition) is 3. The molecule has 0 radical (unpaired) electrons. The van der Waals surface area contributed by atoms with E-state index in [4.69, 9.17) is 10.4 Å². The van der Waals surface area contributed by atoms with Crippen molar-refractivity contribution in [2.24, 2.45) is 0 Å². The third-order valence-corrected chi connectivity index (χ3v) is 3.71. The Labute approximate surface area is 86.4 Å². The largest absolute Gasteiger partial charge is 0.480 e. The van der Waals surface area contributed by atoms with Crippen LogP contribution in [0.5, 0.6) is 0 Å². The maximum absolute atomic E-state index is 11.4. The zero-order chi connectivity index (χ0) is 11.0.